The van der Waals surface area contributed by atoms with Crippen molar-refractivity contribution in [2.75, 3.05) is 13.1 Å². The van der Waals surface area contributed by atoms with Crippen molar-refractivity contribution in [1.29, 1.82) is 0 Å². The van der Waals surface area contributed by atoms with Crippen molar-refractivity contribution in [2.24, 2.45) is 5.92 Å². The van der Waals surface area contributed by atoms with Gasteiger partial charge in [-0.3, -0.25) is 4.90 Å². The van der Waals surface area contributed by atoms with Gasteiger partial charge in [0.25, 0.3) is 0 Å². The van der Waals surface area contributed by atoms with E-state index in [0.717, 1.165) is 18.0 Å². The van der Waals surface area contributed by atoms with Gasteiger partial charge in [-0.15, -0.1) is 0 Å². The quantitative estimate of drug-likeness (QED) is 0.735. The lowest BCUT2D eigenvalue weighted by atomic mass is 10.0. The first-order valence-corrected chi connectivity index (χ1v) is 7.49. The maximum atomic E-state index is 3.62. The minimum absolute atomic E-state index is 0.666. The first-order valence-electron chi connectivity index (χ1n) is 7.49. The number of rotatable bonds is 7. The summed E-state index contributed by atoms with van der Waals surface area (Å²) in [5.41, 5.74) is 0. The monoisotopic (exact) mass is 240 g/mol. The van der Waals surface area contributed by atoms with Gasteiger partial charge in [-0.1, -0.05) is 13.8 Å². The van der Waals surface area contributed by atoms with Crippen molar-refractivity contribution in [3.63, 3.8) is 0 Å². The SMILES string of the molecule is CC(C)CCC(C)N(CC1CCCN1)C(C)C. The predicted molar refractivity (Wildman–Crippen MR) is 76.4 cm³/mol. The summed E-state index contributed by atoms with van der Waals surface area (Å²) >= 11 is 0. The van der Waals surface area contributed by atoms with E-state index in [4.69, 9.17) is 0 Å². The summed E-state index contributed by atoms with van der Waals surface area (Å²) in [4.78, 5) is 2.69. The maximum Gasteiger partial charge on any atom is 0.0195 e. The third kappa shape index (κ3) is 5.39. The van der Waals surface area contributed by atoms with E-state index >= 15 is 0 Å². The van der Waals surface area contributed by atoms with Crippen molar-refractivity contribution >= 4 is 0 Å². The summed E-state index contributed by atoms with van der Waals surface area (Å²) in [6.07, 6.45) is 5.40. The van der Waals surface area contributed by atoms with Crippen LogP contribution in [0.25, 0.3) is 0 Å². The number of hydrogen-bond donors (Lipinski definition) is 1. The highest BCUT2D eigenvalue weighted by Crippen LogP contribution is 2.17. The van der Waals surface area contributed by atoms with Gasteiger partial charge < -0.3 is 5.32 Å². The molecule has 0 aromatic heterocycles. The van der Waals surface area contributed by atoms with Crippen LogP contribution in [0.4, 0.5) is 0 Å². The molecule has 1 N–H and O–H groups in total. The number of nitrogens with one attached hydrogen (secondary N) is 1. The Balaban J connectivity index is 2.40. The largest absolute Gasteiger partial charge is 0.313 e. The van der Waals surface area contributed by atoms with Crippen molar-refractivity contribution in [1.82, 2.24) is 10.2 Å². The molecule has 0 saturated carbocycles. The Morgan fingerprint density at radius 1 is 1.12 bits per heavy atom. The van der Waals surface area contributed by atoms with E-state index in [1.54, 1.807) is 0 Å². The molecule has 1 aliphatic rings. The molecule has 0 bridgehead atoms. The molecule has 1 aliphatic heterocycles. The molecule has 2 atom stereocenters. The summed E-state index contributed by atoms with van der Waals surface area (Å²) in [5, 5.41) is 3.62. The van der Waals surface area contributed by atoms with Crippen molar-refractivity contribution < 1.29 is 0 Å². The van der Waals surface area contributed by atoms with Gasteiger partial charge in [-0.05, 0) is 58.9 Å². The molecule has 102 valence electrons. The van der Waals surface area contributed by atoms with Gasteiger partial charge in [0.1, 0.15) is 0 Å². The molecule has 1 rings (SSSR count). The molecule has 0 aliphatic carbocycles. The second-order valence-electron chi connectivity index (χ2n) is 6.40. The highest BCUT2D eigenvalue weighted by Gasteiger charge is 2.23. The first kappa shape index (κ1) is 15.0. The summed E-state index contributed by atoms with van der Waals surface area (Å²) in [6.45, 7) is 14.2. The first-order chi connectivity index (χ1) is 8.00. The zero-order valence-electron chi connectivity index (χ0n) is 12.5. The highest BCUT2D eigenvalue weighted by atomic mass is 15.2. The smallest absolute Gasteiger partial charge is 0.0195 e. The molecule has 1 saturated heterocycles. The second-order valence-corrected chi connectivity index (χ2v) is 6.40. The zero-order chi connectivity index (χ0) is 12.8. The molecule has 1 heterocycles. The van der Waals surface area contributed by atoms with Crippen LogP contribution in [0.15, 0.2) is 0 Å². The normalized spacial score (nSPS) is 22.9. The van der Waals surface area contributed by atoms with E-state index in [2.05, 4.69) is 44.8 Å². The lowest BCUT2D eigenvalue weighted by molar-refractivity contribution is 0.138. The van der Waals surface area contributed by atoms with E-state index < -0.39 is 0 Å². The standard InChI is InChI=1S/C15H32N2/c1-12(2)8-9-14(5)17(13(3)4)11-15-7-6-10-16-15/h12-16H,6-11H2,1-5H3. The number of nitrogens with zero attached hydrogens (tertiary/aromatic N) is 1. The van der Waals surface area contributed by atoms with E-state index in [0.29, 0.717) is 6.04 Å². The summed E-state index contributed by atoms with van der Waals surface area (Å²) in [7, 11) is 0. The molecule has 0 radical (unpaired) electrons. The third-order valence-corrected chi connectivity index (χ3v) is 3.98. The fourth-order valence-electron chi connectivity index (χ4n) is 2.81. The van der Waals surface area contributed by atoms with Gasteiger partial charge in [0.15, 0.2) is 0 Å². The fourth-order valence-corrected chi connectivity index (χ4v) is 2.81. The van der Waals surface area contributed by atoms with E-state index in [1.165, 1.54) is 38.8 Å². The zero-order valence-corrected chi connectivity index (χ0v) is 12.5. The molecule has 17 heavy (non-hydrogen) atoms. The van der Waals surface area contributed by atoms with Gasteiger partial charge in [0.05, 0.1) is 0 Å². The van der Waals surface area contributed by atoms with Crippen LogP contribution in [-0.2, 0) is 0 Å². The molecular weight excluding hydrogens is 208 g/mol. The van der Waals surface area contributed by atoms with Crippen LogP contribution in [0, 0.1) is 5.92 Å². The molecule has 0 amide bonds. The average Bonchev–Trinajstić information content (AvgIpc) is 2.74. The van der Waals surface area contributed by atoms with Crippen molar-refractivity contribution in [2.45, 2.75) is 78.4 Å². The molecule has 2 nitrogen and oxygen atoms in total. The third-order valence-electron chi connectivity index (χ3n) is 3.98. The van der Waals surface area contributed by atoms with Gasteiger partial charge in [-0.2, -0.15) is 0 Å². The van der Waals surface area contributed by atoms with Crippen molar-refractivity contribution in [3.05, 3.63) is 0 Å². The van der Waals surface area contributed by atoms with E-state index in [9.17, 15) is 0 Å². The fraction of sp³-hybridized carbons (Fsp3) is 1.00. The minimum atomic E-state index is 0.666. The van der Waals surface area contributed by atoms with Crippen LogP contribution in [0.3, 0.4) is 0 Å². The Hall–Kier alpha value is -0.0800. The molecule has 2 heteroatoms. The van der Waals surface area contributed by atoms with Crippen LogP contribution in [0.1, 0.15) is 60.3 Å². The molecule has 1 fully saturated rings. The summed E-state index contributed by atoms with van der Waals surface area (Å²) in [6, 6.07) is 2.12. The Morgan fingerprint density at radius 3 is 2.29 bits per heavy atom. The van der Waals surface area contributed by atoms with Crippen LogP contribution in [0.5, 0.6) is 0 Å². The van der Waals surface area contributed by atoms with Gasteiger partial charge in [0, 0.05) is 24.7 Å². The van der Waals surface area contributed by atoms with Crippen molar-refractivity contribution in [3.8, 4) is 0 Å². The molecule has 0 aromatic rings. The second kappa shape index (κ2) is 7.38. The highest BCUT2D eigenvalue weighted by molar-refractivity contribution is 4.81. The molecule has 0 spiro atoms. The molecule has 0 aromatic carbocycles. The topological polar surface area (TPSA) is 15.3 Å². The van der Waals surface area contributed by atoms with Gasteiger partial charge in [0.2, 0.25) is 0 Å². The summed E-state index contributed by atoms with van der Waals surface area (Å²) in [5.74, 6) is 0.830. The molecule has 2 unspecified atom stereocenters. The Bertz CT molecular complexity index is 195. The number of hydrogen-bond acceptors (Lipinski definition) is 2. The lowest BCUT2D eigenvalue weighted by Crippen LogP contribution is -2.46. The Morgan fingerprint density at radius 2 is 1.82 bits per heavy atom. The van der Waals surface area contributed by atoms with Gasteiger partial charge >= 0.3 is 0 Å². The Labute approximate surface area is 108 Å². The van der Waals surface area contributed by atoms with Crippen LogP contribution < -0.4 is 5.32 Å². The average molecular weight is 240 g/mol. The van der Waals surface area contributed by atoms with Crippen LogP contribution in [-0.4, -0.2) is 36.1 Å². The van der Waals surface area contributed by atoms with Gasteiger partial charge in [-0.25, -0.2) is 0 Å². The van der Waals surface area contributed by atoms with E-state index in [1.807, 2.05) is 0 Å². The Kier molecular flexibility index (Phi) is 6.50. The minimum Gasteiger partial charge on any atom is -0.313 e. The van der Waals surface area contributed by atoms with E-state index in [-0.39, 0.29) is 0 Å². The van der Waals surface area contributed by atoms with Crippen LogP contribution in [0.2, 0.25) is 0 Å². The maximum absolute atomic E-state index is 3.62. The van der Waals surface area contributed by atoms with Crippen LogP contribution >= 0.6 is 0 Å². The summed E-state index contributed by atoms with van der Waals surface area (Å²) < 4.78 is 0. The predicted octanol–water partition coefficient (Wildman–Crippen LogP) is 3.27. The molecular formula is C15H32N2. The lowest BCUT2D eigenvalue weighted by Gasteiger charge is -2.35.